The molecule has 0 atom stereocenters. The van der Waals surface area contributed by atoms with E-state index in [1.807, 2.05) is 6.20 Å². The van der Waals surface area contributed by atoms with Crippen molar-refractivity contribution in [2.24, 2.45) is 0 Å². The third-order valence-corrected chi connectivity index (χ3v) is 4.40. The molecule has 0 saturated heterocycles. The van der Waals surface area contributed by atoms with Crippen molar-refractivity contribution in [3.8, 4) is 11.3 Å². The molecule has 1 heterocycles. The number of fused-ring (bicyclic) bond motifs is 2. The molecule has 1 aromatic heterocycles. The van der Waals surface area contributed by atoms with Gasteiger partial charge in [0.15, 0.2) is 0 Å². The van der Waals surface area contributed by atoms with Gasteiger partial charge < -0.3 is 0 Å². The maximum absolute atomic E-state index is 4.48. The Labute approximate surface area is 135 Å². The molecule has 0 aliphatic rings. The van der Waals surface area contributed by atoms with Crippen LogP contribution in [0.5, 0.6) is 0 Å². The number of aromatic nitrogens is 2. The first-order valence-electron chi connectivity index (χ1n) is 7.97. The molecule has 112 valence electrons. The Hall–Kier alpha value is -2.74. The molecule has 2 heteroatoms. The van der Waals surface area contributed by atoms with Crippen molar-refractivity contribution >= 4 is 21.5 Å². The van der Waals surface area contributed by atoms with Gasteiger partial charge in [0.05, 0.1) is 6.20 Å². The number of hydrogen-bond donors (Lipinski definition) is 0. The van der Waals surface area contributed by atoms with Crippen molar-refractivity contribution in [1.82, 2.24) is 10.2 Å². The Morgan fingerprint density at radius 3 is 2.48 bits per heavy atom. The van der Waals surface area contributed by atoms with Crippen LogP contribution in [0.1, 0.15) is 25.3 Å². The summed E-state index contributed by atoms with van der Waals surface area (Å²) in [6.07, 6.45) is 1.84. The van der Waals surface area contributed by atoms with E-state index >= 15 is 0 Å². The van der Waals surface area contributed by atoms with Gasteiger partial charge in [0.25, 0.3) is 0 Å². The Morgan fingerprint density at radius 1 is 0.783 bits per heavy atom. The largest absolute Gasteiger partial charge is 0.158 e. The van der Waals surface area contributed by atoms with E-state index in [0.717, 1.165) is 16.6 Å². The van der Waals surface area contributed by atoms with Crippen molar-refractivity contribution in [3.63, 3.8) is 0 Å². The summed E-state index contributed by atoms with van der Waals surface area (Å²) in [5.74, 6) is 0.493. The smallest absolute Gasteiger partial charge is 0.101 e. The maximum atomic E-state index is 4.48. The van der Waals surface area contributed by atoms with Gasteiger partial charge in [-0.2, -0.15) is 5.10 Å². The average molecular weight is 298 g/mol. The second-order valence-electron chi connectivity index (χ2n) is 6.22. The summed E-state index contributed by atoms with van der Waals surface area (Å²) in [4.78, 5) is 0. The van der Waals surface area contributed by atoms with E-state index in [0.29, 0.717) is 5.92 Å². The molecule has 0 aliphatic carbocycles. The van der Waals surface area contributed by atoms with E-state index in [1.54, 1.807) is 0 Å². The van der Waals surface area contributed by atoms with Crippen LogP contribution in [-0.2, 0) is 0 Å². The van der Waals surface area contributed by atoms with Crippen LogP contribution in [0.3, 0.4) is 0 Å². The van der Waals surface area contributed by atoms with Crippen molar-refractivity contribution in [3.05, 3.63) is 72.4 Å². The standard InChI is InChI=1S/C21H18N2/c1-14(2)16-10-11-17-13-22-23-21(20(17)12-16)19-9-5-7-15-6-3-4-8-18(15)19/h3-14H,1-2H3. The third kappa shape index (κ3) is 2.36. The zero-order valence-electron chi connectivity index (χ0n) is 13.3. The Kier molecular flexibility index (Phi) is 3.30. The van der Waals surface area contributed by atoms with Crippen LogP contribution in [0.2, 0.25) is 0 Å². The summed E-state index contributed by atoms with van der Waals surface area (Å²) < 4.78 is 0. The molecular weight excluding hydrogens is 280 g/mol. The number of benzene rings is 3. The minimum Gasteiger partial charge on any atom is -0.158 e. The Balaban J connectivity index is 2.06. The zero-order chi connectivity index (χ0) is 15.8. The zero-order valence-corrected chi connectivity index (χ0v) is 13.3. The molecule has 0 bridgehead atoms. The molecular formula is C21H18N2. The lowest BCUT2D eigenvalue weighted by Gasteiger charge is -2.11. The molecule has 0 radical (unpaired) electrons. The van der Waals surface area contributed by atoms with Gasteiger partial charge in [-0.25, -0.2) is 0 Å². The molecule has 0 saturated carbocycles. The van der Waals surface area contributed by atoms with Gasteiger partial charge in [0.2, 0.25) is 0 Å². The molecule has 0 fully saturated rings. The van der Waals surface area contributed by atoms with E-state index in [-0.39, 0.29) is 0 Å². The van der Waals surface area contributed by atoms with Crippen molar-refractivity contribution in [2.75, 3.05) is 0 Å². The molecule has 0 aliphatic heterocycles. The molecule has 4 rings (SSSR count). The minimum absolute atomic E-state index is 0.493. The molecule has 2 nitrogen and oxygen atoms in total. The first-order valence-corrected chi connectivity index (χ1v) is 7.97. The SMILES string of the molecule is CC(C)c1ccc2cnnc(-c3cccc4ccccc34)c2c1. The molecule has 3 aromatic carbocycles. The van der Waals surface area contributed by atoms with E-state index in [4.69, 9.17) is 0 Å². The highest BCUT2D eigenvalue weighted by molar-refractivity contribution is 6.03. The van der Waals surface area contributed by atoms with Gasteiger partial charge in [-0.15, -0.1) is 5.10 Å². The third-order valence-electron chi connectivity index (χ3n) is 4.40. The molecule has 0 N–H and O–H groups in total. The van der Waals surface area contributed by atoms with Crippen LogP contribution in [0.15, 0.2) is 66.9 Å². The average Bonchev–Trinajstić information content (AvgIpc) is 2.60. The number of nitrogens with zero attached hydrogens (tertiary/aromatic N) is 2. The quantitative estimate of drug-likeness (QED) is 0.483. The highest BCUT2D eigenvalue weighted by atomic mass is 15.1. The van der Waals surface area contributed by atoms with Crippen LogP contribution in [0.25, 0.3) is 32.8 Å². The summed E-state index contributed by atoms with van der Waals surface area (Å²) in [6, 6.07) is 21.4. The fourth-order valence-electron chi connectivity index (χ4n) is 3.08. The van der Waals surface area contributed by atoms with E-state index in [9.17, 15) is 0 Å². The summed E-state index contributed by atoms with van der Waals surface area (Å²) in [5.41, 5.74) is 3.43. The normalized spacial score (nSPS) is 11.4. The molecule has 0 amide bonds. The monoisotopic (exact) mass is 298 g/mol. The van der Waals surface area contributed by atoms with Gasteiger partial charge in [0, 0.05) is 16.3 Å². The molecule has 0 spiro atoms. The van der Waals surface area contributed by atoms with Crippen LogP contribution < -0.4 is 0 Å². The Bertz CT molecular complexity index is 997. The fourth-order valence-corrected chi connectivity index (χ4v) is 3.08. The van der Waals surface area contributed by atoms with Crippen LogP contribution in [0.4, 0.5) is 0 Å². The molecule has 4 aromatic rings. The van der Waals surface area contributed by atoms with E-state index < -0.39 is 0 Å². The van der Waals surface area contributed by atoms with Gasteiger partial charge in [-0.1, -0.05) is 68.4 Å². The van der Waals surface area contributed by atoms with Crippen LogP contribution in [-0.4, -0.2) is 10.2 Å². The minimum atomic E-state index is 0.493. The molecule has 23 heavy (non-hydrogen) atoms. The van der Waals surface area contributed by atoms with E-state index in [2.05, 4.69) is 84.7 Å². The second-order valence-corrected chi connectivity index (χ2v) is 6.22. The second kappa shape index (κ2) is 5.47. The summed E-state index contributed by atoms with van der Waals surface area (Å²) in [5, 5.41) is 13.4. The fraction of sp³-hybridized carbons (Fsp3) is 0.143. The van der Waals surface area contributed by atoms with E-state index in [1.165, 1.54) is 21.7 Å². The first-order chi connectivity index (χ1) is 11.2. The number of rotatable bonds is 2. The highest BCUT2D eigenvalue weighted by Crippen LogP contribution is 2.33. The lowest BCUT2D eigenvalue weighted by molar-refractivity contribution is 0.868. The maximum Gasteiger partial charge on any atom is 0.101 e. The topological polar surface area (TPSA) is 25.8 Å². The van der Waals surface area contributed by atoms with Gasteiger partial charge in [0.1, 0.15) is 5.69 Å². The van der Waals surface area contributed by atoms with Gasteiger partial charge in [-0.3, -0.25) is 0 Å². The lowest BCUT2D eigenvalue weighted by Crippen LogP contribution is -1.93. The number of hydrogen-bond acceptors (Lipinski definition) is 2. The van der Waals surface area contributed by atoms with Crippen LogP contribution >= 0.6 is 0 Å². The predicted molar refractivity (Wildman–Crippen MR) is 96.6 cm³/mol. The molecule has 0 unspecified atom stereocenters. The van der Waals surface area contributed by atoms with Gasteiger partial charge in [-0.05, 0) is 28.3 Å². The van der Waals surface area contributed by atoms with Crippen molar-refractivity contribution < 1.29 is 0 Å². The summed E-state index contributed by atoms with van der Waals surface area (Å²) >= 11 is 0. The first kappa shape index (κ1) is 13.9. The lowest BCUT2D eigenvalue weighted by atomic mass is 9.95. The van der Waals surface area contributed by atoms with Gasteiger partial charge >= 0.3 is 0 Å². The van der Waals surface area contributed by atoms with Crippen LogP contribution in [0, 0.1) is 0 Å². The predicted octanol–water partition coefficient (Wildman–Crippen LogP) is 5.57. The van der Waals surface area contributed by atoms with Crippen molar-refractivity contribution in [2.45, 2.75) is 19.8 Å². The summed E-state index contributed by atoms with van der Waals surface area (Å²) in [6.45, 7) is 4.43. The Morgan fingerprint density at radius 2 is 1.61 bits per heavy atom. The van der Waals surface area contributed by atoms with Crippen molar-refractivity contribution in [1.29, 1.82) is 0 Å². The summed E-state index contributed by atoms with van der Waals surface area (Å²) in [7, 11) is 0. The highest BCUT2D eigenvalue weighted by Gasteiger charge is 2.11.